The topological polar surface area (TPSA) is 76.7 Å². The summed E-state index contributed by atoms with van der Waals surface area (Å²) >= 11 is 0. The minimum atomic E-state index is 0.141. The van der Waals surface area contributed by atoms with Gasteiger partial charge in [-0.15, -0.1) is 0 Å². The van der Waals surface area contributed by atoms with Crippen LogP contribution in [0, 0.1) is 11.8 Å². The van der Waals surface area contributed by atoms with Gasteiger partial charge in [0.1, 0.15) is 0 Å². The van der Waals surface area contributed by atoms with Gasteiger partial charge in [0.15, 0.2) is 0 Å². The normalized spacial score (nSPS) is 19.4. The largest absolute Gasteiger partial charge is 0.359 e. The van der Waals surface area contributed by atoms with E-state index in [4.69, 9.17) is 0 Å². The van der Waals surface area contributed by atoms with E-state index in [1.54, 1.807) is 7.05 Å². The molecule has 0 atom stereocenters. The molecular formula is C24H47N5O2. The SMILES string of the molecule is CCCCNCCCNC(=O)CCN1CCC(C2CCN(CCC(=O)NC)CC2)CC1. The number of rotatable bonds is 14. The molecule has 2 rings (SSSR count). The Balaban J connectivity index is 1.49. The molecular weight excluding hydrogens is 390 g/mol. The van der Waals surface area contributed by atoms with Gasteiger partial charge in [-0.3, -0.25) is 9.59 Å². The molecule has 7 heteroatoms. The first-order valence-corrected chi connectivity index (χ1v) is 12.7. The van der Waals surface area contributed by atoms with Crippen LogP contribution in [0.25, 0.3) is 0 Å². The predicted octanol–water partition coefficient (Wildman–Crippen LogP) is 1.83. The number of hydrogen-bond acceptors (Lipinski definition) is 5. The second kappa shape index (κ2) is 15.6. The lowest BCUT2D eigenvalue weighted by Gasteiger charge is -2.40. The van der Waals surface area contributed by atoms with E-state index >= 15 is 0 Å². The van der Waals surface area contributed by atoms with E-state index in [2.05, 4.69) is 32.7 Å². The Hall–Kier alpha value is -1.18. The summed E-state index contributed by atoms with van der Waals surface area (Å²) in [6, 6.07) is 0. The van der Waals surface area contributed by atoms with E-state index in [-0.39, 0.29) is 11.8 Å². The van der Waals surface area contributed by atoms with Gasteiger partial charge in [0.25, 0.3) is 0 Å². The average Bonchev–Trinajstić information content (AvgIpc) is 2.81. The fourth-order valence-electron chi connectivity index (χ4n) is 4.90. The van der Waals surface area contributed by atoms with Crippen molar-refractivity contribution in [3.8, 4) is 0 Å². The van der Waals surface area contributed by atoms with Crippen molar-refractivity contribution in [3.05, 3.63) is 0 Å². The third kappa shape index (κ3) is 10.8. The molecule has 2 aliphatic heterocycles. The van der Waals surface area contributed by atoms with E-state index < -0.39 is 0 Å². The highest BCUT2D eigenvalue weighted by Gasteiger charge is 2.29. The number of unbranched alkanes of at least 4 members (excludes halogenated alkanes) is 1. The van der Waals surface area contributed by atoms with Crippen LogP contribution in [0.15, 0.2) is 0 Å². The summed E-state index contributed by atoms with van der Waals surface area (Å²) in [7, 11) is 1.71. The predicted molar refractivity (Wildman–Crippen MR) is 127 cm³/mol. The van der Waals surface area contributed by atoms with Crippen LogP contribution >= 0.6 is 0 Å². The summed E-state index contributed by atoms with van der Waals surface area (Å²) in [4.78, 5) is 28.4. The van der Waals surface area contributed by atoms with E-state index in [0.717, 1.165) is 77.2 Å². The van der Waals surface area contributed by atoms with Gasteiger partial charge in [-0.2, -0.15) is 0 Å². The summed E-state index contributed by atoms with van der Waals surface area (Å²) in [5.41, 5.74) is 0. The molecule has 0 aromatic rings. The van der Waals surface area contributed by atoms with Crippen molar-refractivity contribution in [1.29, 1.82) is 0 Å². The molecule has 2 heterocycles. The molecule has 2 amide bonds. The van der Waals surface area contributed by atoms with Crippen LogP contribution < -0.4 is 16.0 Å². The third-order valence-corrected chi connectivity index (χ3v) is 7.08. The van der Waals surface area contributed by atoms with E-state index in [1.165, 1.54) is 38.5 Å². The molecule has 0 spiro atoms. The maximum absolute atomic E-state index is 12.1. The fraction of sp³-hybridized carbons (Fsp3) is 0.917. The molecule has 3 N–H and O–H groups in total. The van der Waals surface area contributed by atoms with Gasteiger partial charge >= 0.3 is 0 Å². The monoisotopic (exact) mass is 437 g/mol. The van der Waals surface area contributed by atoms with Crippen LogP contribution in [-0.2, 0) is 9.59 Å². The number of amides is 2. The van der Waals surface area contributed by atoms with E-state index in [1.807, 2.05) is 0 Å². The van der Waals surface area contributed by atoms with Gasteiger partial charge in [0, 0.05) is 39.5 Å². The second-order valence-electron chi connectivity index (χ2n) is 9.34. The van der Waals surface area contributed by atoms with E-state index in [0.29, 0.717) is 12.8 Å². The van der Waals surface area contributed by atoms with Crippen LogP contribution in [-0.4, -0.2) is 87.6 Å². The molecule has 0 radical (unpaired) electrons. The van der Waals surface area contributed by atoms with Crippen molar-refractivity contribution in [2.24, 2.45) is 11.8 Å². The molecule has 180 valence electrons. The zero-order valence-corrected chi connectivity index (χ0v) is 20.1. The van der Waals surface area contributed by atoms with Gasteiger partial charge in [-0.25, -0.2) is 0 Å². The molecule has 2 aliphatic rings. The van der Waals surface area contributed by atoms with Crippen molar-refractivity contribution in [1.82, 2.24) is 25.8 Å². The molecule has 0 saturated carbocycles. The summed E-state index contributed by atoms with van der Waals surface area (Å²) in [6.45, 7) is 11.4. The van der Waals surface area contributed by atoms with Gasteiger partial charge in [-0.05, 0) is 89.6 Å². The van der Waals surface area contributed by atoms with Crippen LogP contribution in [0.2, 0.25) is 0 Å². The number of nitrogens with one attached hydrogen (secondary N) is 3. The Bertz CT molecular complexity index is 500. The number of likely N-dealkylation sites (tertiary alicyclic amines) is 2. The van der Waals surface area contributed by atoms with Gasteiger partial charge in [0.2, 0.25) is 11.8 Å². The highest BCUT2D eigenvalue weighted by molar-refractivity contribution is 5.76. The van der Waals surface area contributed by atoms with Crippen LogP contribution in [0.4, 0.5) is 0 Å². The summed E-state index contributed by atoms with van der Waals surface area (Å²) in [6.07, 6.45) is 9.78. The molecule has 0 bridgehead atoms. The van der Waals surface area contributed by atoms with Crippen molar-refractivity contribution in [2.75, 3.05) is 66.0 Å². The van der Waals surface area contributed by atoms with Gasteiger partial charge in [-0.1, -0.05) is 13.3 Å². The Morgan fingerprint density at radius 1 is 0.774 bits per heavy atom. The number of piperidine rings is 2. The molecule has 31 heavy (non-hydrogen) atoms. The maximum Gasteiger partial charge on any atom is 0.221 e. The smallest absolute Gasteiger partial charge is 0.221 e. The molecule has 0 aromatic heterocycles. The number of carbonyl (C=O) groups is 2. The zero-order chi connectivity index (χ0) is 22.3. The molecule has 0 aliphatic carbocycles. The lowest BCUT2D eigenvalue weighted by Crippen LogP contribution is -2.42. The Morgan fingerprint density at radius 3 is 1.81 bits per heavy atom. The molecule has 7 nitrogen and oxygen atoms in total. The first kappa shape index (κ1) is 26.1. The Kier molecular flexibility index (Phi) is 13.1. The summed E-state index contributed by atoms with van der Waals surface area (Å²) < 4.78 is 0. The fourth-order valence-corrected chi connectivity index (χ4v) is 4.90. The van der Waals surface area contributed by atoms with Gasteiger partial charge in [0.05, 0.1) is 0 Å². The van der Waals surface area contributed by atoms with Crippen LogP contribution in [0.1, 0.15) is 64.7 Å². The first-order chi connectivity index (χ1) is 15.1. The number of carbonyl (C=O) groups excluding carboxylic acids is 2. The summed E-state index contributed by atoms with van der Waals surface area (Å²) in [5.74, 6) is 2.02. The second-order valence-corrected chi connectivity index (χ2v) is 9.34. The standard InChI is InChI=1S/C24H47N5O2/c1-3-4-12-26-13-5-14-27-24(31)11-20-29-17-8-22(9-18-29)21-6-15-28(16-7-21)19-10-23(30)25-2/h21-22,26H,3-20H2,1-2H3,(H,25,30)(H,27,31). The van der Waals surface area contributed by atoms with Crippen molar-refractivity contribution >= 4 is 11.8 Å². The van der Waals surface area contributed by atoms with Crippen LogP contribution in [0.5, 0.6) is 0 Å². The molecule has 0 aromatic carbocycles. The minimum absolute atomic E-state index is 0.141. The maximum atomic E-state index is 12.1. The van der Waals surface area contributed by atoms with Crippen molar-refractivity contribution < 1.29 is 9.59 Å². The quantitative estimate of drug-likeness (QED) is 0.362. The number of nitrogens with zero attached hydrogens (tertiary/aromatic N) is 2. The Morgan fingerprint density at radius 2 is 1.29 bits per heavy atom. The van der Waals surface area contributed by atoms with Crippen LogP contribution in [0.3, 0.4) is 0 Å². The Labute approximate surface area is 190 Å². The van der Waals surface area contributed by atoms with E-state index in [9.17, 15) is 9.59 Å². The van der Waals surface area contributed by atoms with Crippen molar-refractivity contribution in [3.63, 3.8) is 0 Å². The molecule has 0 unspecified atom stereocenters. The van der Waals surface area contributed by atoms with Gasteiger partial charge < -0.3 is 25.8 Å². The molecule has 2 fully saturated rings. The lowest BCUT2D eigenvalue weighted by molar-refractivity contribution is -0.122. The average molecular weight is 438 g/mol. The molecule has 2 saturated heterocycles. The highest BCUT2D eigenvalue weighted by Crippen LogP contribution is 2.32. The minimum Gasteiger partial charge on any atom is -0.359 e. The lowest BCUT2D eigenvalue weighted by atomic mass is 9.79. The highest BCUT2D eigenvalue weighted by atomic mass is 16.2. The van der Waals surface area contributed by atoms with Crippen molar-refractivity contribution in [2.45, 2.75) is 64.7 Å². The first-order valence-electron chi connectivity index (χ1n) is 12.7. The number of hydrogen-bond donors (Lipinski definition) is 3. The zero-order valence-electron chi connectivity index (χ0n) is 20.1. The summed E-state index contributed by atoms with van der Waals surface area (Å²) in [5, 5.41) is 9.18. The third-order valence-electron chi connectivity index (χ3n) is 7.08.